The summed E-state index contributed by atoms with van der Waals surface area (Å²) in [4.78, 5) is 41.3. The zero-order valence-electron chi connectivity index (χ0n) is 36.4. The molecule has 0 spiro atoms. The molecule has 2 saturated carbocycles. The number of rotatable bonds is 18. The number of aryl methyl sites for hydroxylation is 6. The number of anilines is 2. The number of carbonyl (C=O) groups is 1. The largest absolute Gasteiger partial charge is 0.477 e. The van der Waals surface area contributed by atoms with E-state index in [1.54, 1.807) is 24.3 Å². The van der Waals surface area contributed by atoms with Crippen molar-refractivity contribution >= 4 is 40.4 Å². The van der Waals surface area contributed by atoms with Gasteiger partial charge in [0.05, 0.1) is 32.9 Å². The highest BCUT2D eigenvalue weighted by Gasteiger charge is 2.41. The Labute approximate surface area is 370 Å². The highest BCUT2D eigenvalue weighted by molar-refractivity contribution is 7.11. The first-order chi connectivity index (χ1) is 30.0. The molecule has 0 unspecified atom stereocenters. The Bertz CT molecular complexity index is 2390. The summed E-state index contributed by atoms with van der Waals surface area (Å²) in [5, 5.41) is 23.1. The fraction of sp³-hybridized carbons (Fsp3) is 0.477. The van der Waals surface area contributed by atoms with Crippen LogP contribution in [-0.4, -0.2) is 76.2 Å². The van der Waals surface area contributed by atoms with Crippen LogP contribution in [-0.2, 0) is 17.8 Å². The van der Waals surface area contributed by atoms with Crippen LogP contribution < -0.4 is 19.7 Å². The number of carbonyl (C=O) groups excluding carboxylic acids is 1. The van der Waals surface area contributed by atoms with Crippen LogP contribution in [0.5, 0.6) is 11.8 Å². The predicted octanol–water partition coefficient (Wildman–Crippen LogP) is 8.61. The fourth-order valence-corrected chi connectivity index (χ4v) is 8.10. The van der Waals surface area contributed by atoms with Crippen molar-refractivity contribution in [1.82, 2.24) is 50.3 Å². The van der Waals surface area contributed by atoms with Gasteiger partial charge < -0.3 is 19.5 Å². The van der Waals surface area contributed by atoms with Crippen LogP contribution in [0.25, 0.3) is 0 Å². The molecule has 0 bridgehead atoms. The lowest BCUT2D eigenvalue weighted by atomic mass is 10.2. The summed E-state index contributed by atoms with van der Waals surface area (Å²) in [5.41, 5.74) is 4.60. The summed E-state index contributed by atoms with van der Waals surface area (Å²) in [6.07, 6.45) is 8.40. The van der Waals surface area contributed by atoms with Crippen molar-refractivity contribution in [2.75, 3.05) is 30.0 Å². The number of amides is 1. The Morgan fingerprint density at radius 3 is 1.85 bits per heavy atom. The molecule has 1 amide bonds. The van der Waals surface area contributed by atoms with E-state index in [2.05, 4.69) is 93.7 Å². The van der Waals surface area contributed by atoms with Crippen LogP contribution in [0, 0.1) is 53.4 Å². The van der Waals surface area contributed by atoms with Crippen molar-refractivity contribution in [2.24, 2.45) is 11.8 Å². The number of nitrogens with one attached hydrogen (secondary N) is 1. The molecule has 1 N–H and O–H groups in total. The maximum Gasteiger partial charge on any atom is 0.415 e. The Morgan fingerprint density at radius 2 is 1.31 bits per heavy atom. The summed E-state index contributed by atoms with van der Waals surface area (Å²) < 4.78 is 17.5. The highest BCUT2D eigenvalue weighted by atomic mass is 32.1. The lowest BCUT2D eigenvalue weighted by Gasteiger charge is -2.21. The summed E-state index contributed by atoms with van der Waals surface area (Å²) in [5.74, 6) is 5.18. The van der Waals surface area contributed by atoms with Crippen LogP contribution in [0.3, 0.4) is 0 Å². The molecule has 6 aromatic heterocycles. The van der Waals surface area contributed by atoms with Gasteiger partial charge in [-0.3, -0.25) is 14.9 Å². The van der Waals surface area contributed by atoms with Gasteiger partial charge in [0.1, 0.15) is 43.3 Å². The lowest BCUT2D eigenvalue weighted by molar-refractivity contribution is 0.150. The van der Waals surface area contributed by atoms with Crippen molar-refractivity contribution in [2.45, 2.75) is 105 Å². The average molecular weight is 879 g/mol. The minimum atomic E-state index is -0.467. The first kappa shape index (κ1) is 44.3. The van der Waals surface area contributed by atoms with Crippen LogP contribution in [0.15, 0.2) is 48.8 Å². The van der Waals surface area contributed by atoms with E-state index >= 15 is 0 Å². The van der Waals surface area contributed by atoms with Gasteiger partial charge in [-0.1, -0.05) is 54.6 Å². The second-order valence-electron chi connectivity index (χ2n) is 15.8. The van der Waals surface area contributed by atoms with Gasteiger partial charge in [0.2, 0.25) is 11.8 Å². The van der Waals surface area contributed by atoms with Crippen molar-refractivity contribution in [3.05, 3.63) is 103 Å². The Morgan fingerprint density at radius 1 is 0.726 bits per heavy atom. The van der Waals surface area contributed by atoms with E-state index in [0.717, 1.165) is 69.9 Å². The van der Waals surface area contributed by atoms with E-state index in [4.69, 9.17) is 14.2 Å². The third kappa shape index (κ3) is 12.9. The molecule has 16 nitrogen and oxygen atoms in total. The first-order valence-corrected chi connectivity index (χ1v) is 22.7. The number of pyridine rings is 2. The van der Waals surface area contributed by atoms with Gasteiger partial charge in [-0.25, -0.2) is 14.8 Å². The number of ether oxygens (including phenoxy) is 3. The summed E-state index contributed by atoms with van der Waals surface area (Å²) in [6.45, 7) is 16.0. The van der Waals surface area contributed by atoms with Crippen molar-refractivity contribution in [3.8, 4) is 11.8 Å². The monoisotopic (exact) mass is 878 g/mol. The summed E-state index contributed by atoms with van der Waals surface area (Å²) in [7, 11) is 0. The minimum absolute atomic E-state index is 0.220. The van der Waals surface area contributed by atoms with E-state index in [1.807, 2.05) is 46.2 Å². The molecule has 2 fully saturated rings. The molecule has 326 valence electrons. The Balaban J connectivity index is 0.000000192. The second-order valence-corrected chi connectivity index (χ2v) is 18.3. The standard InChI is InChI=1S/C25H32N6O3S.C19H22N6OS/c1-5-6-7-10-33-25(32)31(14-24-30-29-18(4)35-24)22-12-23(28-17(3)27-22)34-15-19-11-20(19)21-9-8-16(2)13-26-21;1-11-4-5-16(20-8-11)15-6-14(15)10-26-18-7-17(22-12(2)23-18)21-9-19-25-24-13(3)27-19/h8-9,12-13,19-20H,5-7,10-11,14-15H2,1-4H3;4-5,7-8,14-15H,6,9-10H2,1-3H3,(H,21,22,23)/t19-,20+;14-,15+/m11/s1. The topological polar surface area (TPSA) is 189 Å². The molecule has 6 heterocycles. The minimum Gasteiger partial charge on any atom is -0.477 e. The van der Waals surface area contributed by atoms with Crippen molar-refractivity contribution in [3.63, 3.8) is 0 Å². The number of unbranched alkanes of at least 4 members (excludes halogenated alkanes) is 2. The second kappa shape index (κ2) is 20.9. The predicted molar refractivity (Wildman–Crippen MR) is 238 cm³/mol. The zero-order chi connectivity index (χ0) is 43.6. The van der Waals surface area contributed by atoms with Gasteiger partial charge in [-0.2, -0.15) is 9.97 Å². The van der Waals surface area contributed by atoms with Gasteiger partial charge in [0.15, 0.2) is 0 Å². The molecule has 2 aliphatic carbocycles. The van der Waals surface area contributed by atoms with Gasteiger partial charge in [0, 0.05) is 59.6 Å². The van der Waals surface area contributed by atoms with Gasteiger partial charge >= 0.3 is 6.09 Å². The van der Waals surface area contributed by atoms with Crippen LogP contribution in [0.2, 0.25) is 0 Å². The third-order valence-electron chi connectivity index (χ3n) is 10.3. The third-order valence-corrected chi connectivity index (χ3v) is 12.0. The number of hydrogen-bond donors (Lipinski definition) is 1. The molecule has 4 atom stereocenters. The van der Waals surface area contributed by atoms with Crippen LogP contribution in [0.4, 0.5) is 16.4 Å². The summed E-state index contributed by atoms with van der Waals surface area (Å²) >= 11 is 3.01. The molecule has 0 saturated heterocycles. The molecular formula is C44H54N12O4S2. The number of nitrogens with zero attached hydrogens (tertiary/aromatic N) is 11. The molecular weight excluding hydrogens is 825 g/mol. The quantitative estimate of drug-likeness (QED) is 0.0808. The van der Waals surface area contributed by atoms with Gasteiger partial charge in [-0.05, 0) is 84.1 Å². The average Bonchev–Trinajstić information content (AvgIpc) is 4.13. The van der Waals surface area contributed by atoms with E-state index in [-0.39, 0.29) is 6.54 Å². The maximum absolute atomic E-state index is 13.0. The Hall–Kier alpha value is -5.75. The maximum atomic E-state index is 13.0. The van der Waals surface area contributed by atoms with Gasteiger partial charge in [0.25, 0.3) is 0 Å². The van der Waals surface area contributed by atoms with Crippen molar-refractivity contribution in [1.29, 1.82) is 0 Å². The summed E-state index contributed by atoms with van der Waals surface area (Å²) in [6, 6.07) is 11.9. The first-order valence-electron chi connectivity index (χ1n) is 21.1. The normalized spacial score (nSPS) is 17.4. The molecule has 6 aromatic rings. The molecule has 2 aliphatic rings. The van der Waals surface area contributed by atoms with Crippen LogP contribution in [0.1, 0.15) is 105 Å². The van der Waals surface area contributed by atoms with E-state index in [0.29, 0.717) is 84.3 Å². The molecule has 0 aromatic carbocycles. The smallest absolute Gasteiger partial charge is 0.415 e. The van der Waals surface area contributed by atoms with Crippen molar-refractivity contribution < 1.29 is 19.0 Å². The number of aromatic nitrogens is 10. The number of hydrogen-bond acceptors (Lipinski definition) is 17. The van der Waals surface area contributed by atoms with E-state index in [9.17, 15) is 4.79 Å². The van der Waals surface area contributed by atoms with Crippen LogP contribution >= 0.6 is 22.7 Å². The SMILES string of the molecule is CCCCCOC(=O)N(Cc1nnc(C)s1)c1cc(OC[C@H]2C[C@@H]2c2ccc(C)cn2)nc(C)n1.Cc1ccc([C@H]2C[C@@H]2COc2cc(NCc3nnc(C)s3)nc(C)n2)nc1. The highest BCUT2D eigenvalue weighted by Crippen LogP contribution is 2.47. The van der Waals surface area contributed by atoms with E-state index < -0.39 is 6.09 Å². The molecule has 8 rings (SSSR count). The zero-order valence-corrected chi connectivity index (χ0v) is 38.0. The lowest BCUT2D eigenvalue weighted by Crippen LogP contribution is -2.32. The molecule has 0 radical (unpaired) electrons. The molecule has 0 aliphatic heterocycles. The molecule has 18 heteroatoms. The fourth-order valence-electron chi connectivity index (χ4n) is 6.75. The van der Waals surface area contributed by atoms with E-state index in [1.165, 1.54) is 21.8 Å². The Kier molecular flexibility index (Phi) is 14.9. The molecule has 62 heavy (non-hydrogen) atoms. The van der Waals surface area contributed by atoms with Gasteiger partial charge in [-0.15, -0.1) is 20.4 Å².